The molecule has 0 saturated carbocycles. The molecule has 1 heterocycles. The van der Waals surface area contributed by atoms with E-state index in [4.69, 9.17) is 9.47 Å². The summed E-state index contributed by atoms with van der Waals surface area (Å²) >= 11 is 3.36. The van der Waals surface area contributed by atoms with Crippen LogP contribution in [0.15, 0.2) is 27.5 Å². The lowest BCUT2D eigenvalue weighted by Gasteiger charge is -2.17. The Morgan fingerprint density at radius 1 is 1.33 bits per heavy atom. The Morgan fingerprint density at radius 3 is 2.43 bits per heavy atom. The van der Waals surface area contributed by atoms with Gasteiger partial charge in [-0.15, -0.1) is 0 Å². The van der Waals surface area contributed by atoms with Crippen molar-refractivity contribution in [1.82, 2.24) is 15.0 Å². The fourth-order valence-corrected chi connectivity index (χ4v) is 2.31. The lowest BCUT2D eigenvalue weighted by Crippen LogP contribution is -2.26. The number of methoxy groups -OCH3 is 2. The second kappa shape index (κ2) is 6.57. The standard InChI is InChI=1S/C13H14BrN3O4/c1-17(6-11-15-7-21-16-11)13(18)8-4-9(19-2)12(14)10(5-8)20-3/h4-5,7H,6H2,1-3H3. The molecule has 0 aliphatic rings. The Bertz CT molecular complexity index is 605. The first-order chi connectivity index (χ1) is 10.1. The van der Waals surface area contributed by atoms with Gasteiger partial charge in [-0.3, -0.25) is 4.79 Å². The first kappa shape index (κ1) is 15.3. The summed E-state index contributed by atoms with van der Waals surface area (Å²) in [6.07, 6.45) is 1.22. The van der Waals surface area contributed by atoms with Crippen molar-refractivity contribution in [3.63, 3.8) is 0 Å². The molecule has 0 atom stereocenters. The predicted octanol–water partition coefficient (Wildman–Crippen LogP) is 2.12. The van der Waals surface area contributed by atoms with Crippen molar-refractivity contribution in [1.29, 1.82) is 0 Å². The van der Waals surface area contributed by atoms with Gasteiger partial charge in [0, 0.05) is 12.6 Å². The van der Waals surface area contributed by atoms with Crippen LogP contribution in [0.25, 0.3) is 0 Å². The van der Waals surface area contributed by atoms with Gasteiger partial charge >= 0.3 is 0 Å². The molecule has 2 rings (SSSR count). The summed E-state index contributed by atoms with van der Waals surface area (Å²) in [4.78, 5) is 17.8. The molecule has 0 N–H and O–H groups in total. The highest BCUT2D eigenvalue weighted by Crippen LogP contribution is 2.35. The molecule has 2 aromatic rings. The minimum atomic E-state index is -0.205. The summed E-state index contributed by atoms with van der Waals surface area (Å²) < 4.78 is 15.8. The fraction of sp³-hybridized carbons (Fsp3) is 0.308. The van der Waals surface area contributed by atoms with Gasteiger partial charge in [0.2, 0.25) is 6.39 Å². The van der Waals surface area contributed by atoms with E-state index in [1.54, 1.807) is 19.2 Å². The summed E-state index contributed by atoms with van der Waals surface area (Å²) in [6, 6.07) is 3.28. The third-order valence-corrected chi connectivity index (χ3v) is 3.61. The van der Waals surface area contributed by atoms with Gasteiger partial charge in [-0.1, -0.05) is 5.16 Å². The maximum atomic E-state index is 12.4. The monoisotopic (exact) mass is 355 g/mol. The lowest BCUT2D eigenvalue weighted by atomic mass is 10.1. The van der Waals surface area contributed by atoms with Crippen LogP contribution in [-0.2, 0) is 6.54 Å². The van der Waals surface area contributed by atoms with Crippen molar-refractivity contribution in [3.8, 4) is 11.5 Å². The minimum Gasteiger partial charge on any atom is -0.495 e. The number of carbonyl (C=O) groups excluding carboxylic acids is 1. The molecule has 0 aliphatic heterocycles. The van der Waals surface area contributed by atoms with E-state index in [1.165, 1.54) is 25.5 Å². The maximum absolute atomic E-state index is 12.4. The van der Waals surface area contributed by atoms with E-state index in [0.717, 1.165) is 0 Å². The summed E-state index contributed by atoms with van der Waals surface area (Å²) in [5, 5.41) is 3.68. The molecule has 1 aromatic carbocycles. The van der Waals surface area contributed by atoms with Crippen LogP contribution in [-0.4, -0.2) is 42.2 Å². The van der Waals surface area contributed by atoms with Gasteiger partial charge in [-0.05, 0) is 28.1 Å². The molecule has 0 unspecified atom stereocenters. The van der Waals surface area contributed by atoms with Crippen LogP contribution in [0.3, 0.4) is 0 Å². The Kier molecular flexibility index (Phi) is 4.79. The number of aromatic nitrogens is 2. The molecule has 112 valence electrons. The van der Waals surface area contributed by atoms with Crippen LogP contribution in [0.4, 0.5) is 0 Å². The molecular weight excluding hydrogens is 342 g/mol. The van der Waals surface area contributed by atoms with E-state index in [9.17, 15) is 4.79 Å². The average molecular weight is 356 g/mol. The first-order valence-electron chi connectivity index (χ1n) is 5.99. The number of rotatable bonds is 5. The summed E-state index contributed by atoms with van der Waals surface area (Å²) in [6.45, 7) is 0.246. The van der Waals surface area contributed by atoms with Crippen molar-refractivity contribution < 1.29 is 18.8 Å². The summed E-state index contributed by atoms with van der Waals surface area (Å²) in [7, 11) is 4.70. The Hall–Kier alpha value is -2.09. The number of ether oxygens (including phenoxy) is 2. The summed E-state index contributed by atoms with van der Waals surface area (Å²) in [5.41, 5.74) is 0.442. The van der Waals surface area contributed by atoms with Crippen LogP contribution >= 0.6 is 15.9 Å². The molecule has 0 aliphatic carbocycles. The topological polar surface area (TPSA) is 77.7 Å². The molecular formula is C13H14BrN3O4. The second-order valence-corrected chi connectivity index (χ2v) is 5.00. The quantitative estimate of drug-likeness (QED) is 0.817. The molecule has 1 amide bonds. The van der Waals surface area contributed by atoms with Crippen molar-refractivity contribution in [2.24, 2.45) is 0 Å². The highest BCUT2D eigenvalue weighted by atomic mass is 79.9. The molecule has 0 spiro atoms. The number of benzene rings is 1. The summed E-state index contributed by atoms with van der Waals surface area (Å²) in [5.74, 6) is 1.27. The molecule has 0 saturated heterocycles. The largest absolute Gasteiger partial charge is 0.495 e. The van der Waals surface area contributed by atoms with E-state index in [1.807, 2.05) is 0 Å². The molecule has 0 fully saturated rings. The van der Waals surface area contributed by atoms with Gasteiger partial charge in [-0.2, -0.15) is 4.98 Å². The van der Waals surface area contributed by atoms with Crippen LogP contribution in [0.2, 0.25) is 0 Å². The normalized spacial score (nSPS) is 10.3. The Labute approximate surface area is 130 Å². The smallest absolute Gasteiger partial charge is 0.254 e. The molecule has 7 nitrogen and oxygen atoms in total. The SMILES string of the molecule is COc1cc(C(=O)N(C)Cc2ncon2)cc(OC)c1Br. The van der Waals surface area contributed by atoms with Crippen molar-refractivity contribution in [2.45, 2.75) is 6.54 Å². The van der Waals surface area contributed by atoms with Gasteiger partial charge < -0.3 is 18.9 Å². The van der Waals surface area contributed by atoms with Crippen LogP contribution < -0.4 is 9.47 Å². The first-order valence-corrected chi connectivity index (χ1v) is 6.78. The number of nitrogens with zero attached hydrogens (tertiary/aromatic N) is 3. The predicted molar refractivity (Wildman–Crippen MR) is 77.3 cm³/mol. The van der Waals surface area contributed by atoms with E-state index >= 15 is 0 Å². The number of hydrogen-bond donors (Lipinski definition) is 0. The van der Waals surface area contributed by atoms with Crippen molar-refractivity contribution in [3.05, 3.63) is 34.4 Å². The van der Waals surface area contributed by atoms with Gasteiger partial charge in [-0.25, -0.2) is 0 Å². The van der Waals surface area contributed by atoms with E-state index in [2.05, 4.69) is 30.6 Å². The number of hydrogen-bond acceptors (Lipinski definition) is 6. The lowest BCUT2D eigenvalue weighted by molar-refractivity contribution is 0.0780. The van der Waals surface area contributed by atoms with Crippen LogP contribution in [0.5, 0.6) is 11.5 Å². The minimum absolute atomic E-state index is 0.205. The second-order valence-electron chi connectivity index (χ2n) is 4.20. The zero-order valence-electron chi connectivity index (χ0n) is 11.8. The number of amides is 1. The molecule has 8 heteroatoms. The molecule has 21 heavy (non-hydrogen) atoms. The van der Waals surface area contributed by atoms with Crippen LogP contribution in [0, 0.1) is 0 Å². The third-order valence-electron chi connectivity index (χ3n) is 2.82. The number of carbonyl (C=O) groups is 1. The highest BCUT2D eigenvalue weighted by Gasteiger charge is 2.18. The maximum Gasteiger partial charge on any atom is 0.254 e. The van der Waals surface area contributed by atoms with E-state index in [0.29, 0.717) is 27.4 Å². The number of halogens is 1. The zero-order valence-corrected chi connectivity index (χ0v) is 13.4. The van der Waals surface area contributed by atoms with E-state index in [-0.39, 0.29) is 12.5 Å². The zero-order chi connectivity index (χ0) is 15.4. The van der Waals surface area contributed by atoms with Gasteiger partial charge in [0.25, 0.3) is 5.91 Å². The third kappa shape index (κ3) is 3.33. The van der Waals surface area contributed by atoms with Gasteiger partial charge in [0.15, 0.2) is 5.82 Å². The van der Waals surface area contributed by atoms with Gasteiger partial charge in [0.05, 0.1) is 20.8 Å². The molecule has 0 bridgehead atoms. The van der Waals surface area contributed by atoms with Crippen molar-refractivity contribution >= 4 is 21.8 Å². The van der Waals surface area contributed by atoms with Gasteiger partial charge in [0.1, 0.15) is 16.0 Å². The molecule has 1 aromatic heterocycles. The highest BCUT2D eigenvalue weighted by molar-refractivity contribution is 9.10. The Morgan fingerprint density at radius 2 is 1.95 bits per heavy atom. The van der Waals surface area contributed by atoms with Crippen LogP contribution in [0.1, 0.15) is 16.2 Å². The fourth-order valence-electron chi connectivity index (χ4n) is 1.76. The molecule has 0 radical (unpaired) electrons. The average Bonchev–Trinajstić information content (AvgIpc) is 2.99. The van der Waals surface area contributed by atoms with E-state index < -0.39 is 0 Å². The van der Waals surface area contributed by atoms with Crippen molar-refractivity contribution in [2.75, 3.05) is 21.3 Å². The Balaban J connectivity index is 2.26.